The van der Waals surface area contributed by atoms with Crippen LogP contribution in [0.25, 0.3) is 0 Å². The van der Waals surface area contributed by atoms with E-state index in [1.165, 1.54) is 18.2 Å². The lowest BCUT2D eigenvalue weighted by Crippen LogP contribution is -2.25. The molecule has 1 aromatic carbocycles. The summed E-state index contributed by atoms with van der Waals surface area (Å²) >= 11 is 11.5. The molecule has 18 heavy (non-hydrogen) atoms. The quantitative estimate of drug-likeness (QED) is 0.785. The van der Waals surface area contributed by atoms with Gasteiger partial charge in [0, 0.05) is 16.6 Å². The second-order valence-electron chi connectivity index (χ2n) is 3.50. The summed E-state index contributed by atoms with van der Waals surface area (Å²) in [5.74, 6) is 0. The van der Waals surface area contributed by atoms with Crippen molar-refractivity contribution in [3.63, 3.8) is 0 Å². The molecule has 0 saturated heterocycles. The molecule has 4 nitrogen and oxygen atoms in total. The Morgan fingerprint density at radius 3 is 2.17 bits per heavy atom. The monoisotopic (exact) mass is 332 g/mol. The first-order valence-corrected chi connectivity index (χ1v) is 7.35. The molecule has 8 heteroatoms. The molecule has 104 valence electrons. The van der Waals surface area contributed by atoms with E-state index in [1.54, 1.807) is 0 Å². The number of rotatable bonds is 6. The van der Waals surface area contributed by atoms with E-state index in [0.717, 1.165) is 6.42 Å². The lowest BCUT2D eigenvalue weighted by molar-refractivity contribution is 0.577. The maximum atomic E-state index is 11.8. The topological polar surface area (TPSA) is 72.2 Å². The maximum Gasteiger partial charge on any atom is 0.240 e. The predicted molar refractivity (Wildman–Crippen MR) is 77.2 cm³/mol. The zero-order chi connectivity index (χ0) is 12.9. The summed E-state index contributed by atoms with van der Waals surface area (Å²) in [7, 11) is -3.55. The second-order valence-corrected chi connectivity index (χ2v) is 6.14. The van der Waals surface area contributed by atoms with Gasteiger partial charge in [-0.3, -0.25) is 0 Å². The SMILES string of the molecule is Cl.NCCCCNS(=O)(=O)c1cc(Cl)cc(Cl)c1. The van der Waals surface area contributed by atoms with Gasteiger partial charge < -0.3 is 5.73 Å². The standard InChI is InChI=1S/C10H14Cl2N2O2S.ClH/c11-8-5-9(12)7-10(6-8)17(15,16)14-4-2-1-3-13;/h5-7,14H,1-4,13H2;1H. The molecule has 0 aliphatic heterocycles. The van der Waals surface area contributed by atoms with E-state index in [0.29, 0.717) is 29.6 Å². The number of unbranched alkanes of at least 4 members (excludes halogenated alkanes) is 1. The first kappa shape index (κ1) is 18.0. The maximum absolute atomic E-state index is 11.8. The Hall–Kier alpha value is -0.0400. The highest BCUT2D eigenvalue weighted by Gasteiger charge is 2.14. The van der Waals surface area contributed by atoms with E-state index in [4.69, 9.17) is 28.9 Å². The molecule has 0 aliphatic rings. The van der Waals surface area contributed by atoms with Gasteiger partial charge in [-0.2, -0.15) is 0 Å². The van der Waals surface area contributed by atoms with E-state index in [2.05, 4.69) is 4.72 Å². The fraction of sp³-hybridized carbons (Fsp3) is 0.400. The molecular formula is C10H15Cl3N2O2S. The van der Waals surface area contributed by atoms with Crippen LogP contribution in [0.15, 0.2) is 23.1 Å². The van der Waals surface area contributed by atoms with Crippen molar-refractivity contribution in [1.29, 1.82) is 0 Å². The highest BCUT2D eigenvalue weighted by Crippen LogP contribution is 2.22. The van der Waals surface area contributed by atoms with Gasteiger partial charge in [-0.05, 0) is 37.6 Å². The largest absolute Gasteiger partial charge is 0.330 e. The minimum absolute atomic E-state index is 0. The van der Waals surface area contributed by atoms with E-state index >= 15 is 0 Å². The lowest BCUT2D eigenvalue weighted by Gasteiger charge is -2.07. The minimum Gasteiger partial charge on any atom is -0.330 e. The zero-order valence-electron chi connectivity index (χ0n) is 9.53. The Kier molecular flexibility index (Phi) is 8.18. The van der Waals surface area contributed by atoms with Crippen LogP contribution in [0.3, 0.4) is 0 Å². The Labute approximate surface area is 123 Å². The first-order valence-electron chi connectivity index (χ1n) is 5.11. The molecule has 0 spiro atoms. The third-order valence-electron chi connectivity index (χ3n) is 2.07. The molecule has 0 aromatic heterocycles. The molecule has 1 rings (SSSR count). The van der Waals surface area contributed by atoms with Crippen molar-refractivity contribution < 1.29 is 8.42 Å². The van der Waals surface area contributed by atoms with E-state index in [1.807, 2.05) is 0 Å². The Balaban J connectivity index is 0.00000289. The molecule has 3 N–H and O–H groups in total. The van der Waals surface area contributed by atoms with Crippen LogP contribution in [0.1, 0.15) is 12.8 Å². The summed E-state index contributed by atoms with van der Waals surface area (Å²) in [5.41, 5.74) is 5.32. The van der Waals surface area contributed by atoms with Crippen LogP contribution >= 0.6 is 35.6 Å². The van der Waals surface area contributed by atoms with Gasteiger partial charge in [0.2, 0.25) is 10.0 Å². The van der Waals surface area contributed by atoms with Crippen LogP contribution in [-0.4, -0.2) is 21.5 Å². The minimum atomic E-state index is -3.55. The number of sulfonamides is 1. The van der Waals surface area contributed by atoms with Gasteiger partial charge in [0.25, 0.3) is 0 Å². The van der Waals surface area contributed by atoms with Crippen molar-refractivity contribution in [2.24, 2.45) is 5.73 Å². The van der Waals surface area contributed by atoms with Crippen molar-refractivity contribution in [2.45, 2.75) is 17.7 Å². The molecule has 0 fully saturated rings. The summed E-state index contributed by atoms with van der Waals surface area (Å²) < 4.78 is 26.1. The molecule has 0 aliphatic carbocycles. The number of hydrogen-bond acceptors (Lipinski definition) is 3. The highest BCUT2D eigenvalue weighted by atomic mass is 35.5. The zero-order valence-corrected chi connectivity index (χ0v) is 12.7. The van der Waals surface area contributed by atoms with Crippen LogP contribution in [-0.2, 0) is 10.0 Å². The molecule has 0 atom stereocenters. The van der Waals surface area contributed by atoms with Crippen molar-refractivity contribution in [3.05, 3.63) is 28.2 Å². The summed E-state index contributed by atoms with van der Waals surface area (Å²) in [4.78, 5) is 0.0720. The third-order valence-corrected chi connectivity index (χ3v) is 3.95. The van der Waals surface area contributed by atoms with Gasteiger partial charge in [0.15, 0.2) is 0 Å². The number of nitrogens with one attached hydrogen (secondary N) is 1. The van der Waals surface area contributed by atoms with Gasteiger partial charge in [-0.25, -0.2) is 13.1 Å². The van der Waals surface area contributed by atoms with Crippen molar-refractivity contribution in [2.75, 3.05) is 13.1 Å². The molecule has 0 radical (unpaired) electrons. The number of hydrogen-bond donors (Lipinski definition) is 2. The summed E-state index contributed by atoms with van der Waals surface area (Å²) in [5, 5.41) is 0.583. The molecule has 0 saturated carbocycles. The molecule has 0 heterocycles. The number of nitrogens with two attached hydrogens (primary N) is 1. The molecule has 1 aromatic rings. The van der Waals surface area contributed by atoms with E-state index in [-0.39, 0.29) is 17.3 Å². The summed E-state index contributed by atoms with van der Waals surface area (Å²) in [6, 6.07) is 4.20. The average molecular weight is 334 g/mol. The average Bonchev–Trinajstić information content (AvgIpc) is 2.23. The van der Waals surface area contributed by atoms with Crippen molar-refractivity contribution in [3.8, 4) is 0 Å². The van der Waals surface area contributed by atoms with Crippen LogP contribution in [0.4, 0.5) is 0 Å². The number of benzene rings is 1. The third kappa shape index (κ3) is 5.73. The second kappa shape index (κ2) is 8.19. The van der Waals surface area contributed by atoms with Crippen LogP contribution in [0.2, 0.25) is 10.0 Å². The Bertz CT molecular complexity index is 460. The fourth-order valence-electron chi connectivity index (χ4n) is 1.24. The van der Waals surface area contributed by atoms with E-state index < -0.39 is 10.0 Å². The predicted octanol–water partition coefficient (Wildman–Crippen LogP) is 2.43. The van der Waals surface area contributed by atoms with Gasteiger partial charge >= 0.3 is 0 Å². The Morgan fingerprint density at radius 2 is 1.67 bits per heavy atom. The molecular weight excluding hydrogens is 319 g/mol. The number of halogens is 3. The fourth-order valence-corrected chi connectivity index (χ4v) is 3.04. The van der Waals surface area contributed by atoms with Crippen molar-refractivity contribution >= 4 is 45.6 Å². The molecule has 0 amide bonds. The summed E-state index contributed by atoms with van der Waals surface area (Å²) in [6.07, 6.45) is 1.48. The van der Waals surface area contributed by atoms with Crippen molar-refractivity contribution in [1.82, 2.24) is 4.72 Å². The smallest absolute Gasteiger partial charge is 0.240 e. The van der Waals surface area contributed by atoms with Gasteiger partial charge in [0.05, 0.1) is 4.90 Å². The molecule has 0 unspecified atom stereocenters. The van der Waals surface area contributed by atoms with Crippen LogP contribution in [0, 0.1) is 0 Å². The summed E-state index contributed by atoms with van der Waals surface area (Å²) in [6.45, 7) is 0.897. The van der Waals surface area contributed by atoms with Gasteiger partial charge in [-0.15, -0.1) is 12.4 Å². The first-order chi connectivity index (χ1) is 7.95. The van der Waals surface area contributed by atoms with E-state index in [9.17, 15) is 8.42 Å². The van der Waals surface area contributed by atoms with Gasteiger partial charge in [-0.1, -0.05) is 23.2 Å². The highest BCUT2D eigenvalue weighted by molar-refractivity contribution is 7.89. The van der Waals surface area contributed by atoms with Crippen LogP contribution < -0.4 is 10.5 Å². The normalized spacial score (nSPS) is 11.1. The van der Waals surface area contributed by atoms with Crippen LogP contribution in [0.5, 0.6) is 0 Å². The Morgan fingerprint density at radius 1 is 1.11 bits per heavy atom. The molecule has 0 bridgehead atoms. The van der Waals surface area contributed by atoms with Gasteiger partial charge in [0.1, 0.15) is 0 Å². The lowest BCUT2D eigenvalue weighted by atomic mass is 10.3.